The van der Waals surface area contributed by atoms with Crippen LogP contribution in [0.3, 0.4) is 0 Å². The van der Waals surface area contributed by atoms with Gasteiger partial charge in [-0.2, -0.15) is 5.26 Å². The molecule has 1 aromatic rings. The molecule has 0 fully saturated rings. The molecule has 0 aliphatic carbocycles. The minimum atomic E-state index is 0.244. The van der Waals surface area contributed by atoms with Gasteiger partial charge in [-0.3, -0.25) is 0 Å². The molecule has 0 unspecified atom stereocenters. The second kappa shape index (κ2) is 4.14. The highest BCUT2D eigenvalue weighted by molar-refractivity contribution is 7.99. The number of aromatic nitrogens is 3. The van der Waals surface area contributed by atoms with E-state index in [-0.39, 0.29) is 5.92 Å². The molecule has 1 aromatic heterocycles. The van der Waals surface area contributed by atoms with Gasteiger partial charge in [-0.15, -0.1) is 10.2 Å². The van der Waals surface area contributed by atoms with Crippen LogP contribution < -0.4 is 5.84 Å². The first-order valence-electron chi connectivity index (χ1n) is 3.87. The predicted molar refractivity (Wildman–Crippen MR) is 50.6 cm³/mol. The van der Waals surface area contributed by atoms with Gasteiger partial charge >= 0.3 is 0 Å². The van der Waals surface area contributed by atoms with Crippen LogP contribution in [-0.4, -0.2) is 20.6 Å². The molecule has 0 radical (unpaired) electrons. The van der Waals surface area contributed by atoms with Gasteiger partial charge in [0.2, 0.25) is 5.16 Å². The van der Waals surface area contributed by atoms with Gasteiger partial charge in [-0.05, 0) is 0 Å². The normalized spacial score (nSPS) is 10.3. The van der Waals surface area contributed by atoms with Gasteiger partial charge in [0.15, 0.2) is 5.82 Å². The highest BCUT2D eigenvalue weighted by Crippen LogP contribution is 2.17. The minimum Gasteiger partial charge on any atom is -0.336 e. The maximum absolute atomic E-state index is 8.37. The van der Waals surface area contributed by atoms with Crippen molar-refractivity contribution in [3.63, 3.8) is 0 Å². The number of nitrogen functional groups attached to an aromatic ring is 1. The molecule has 0 atom stereocenters. The highest BCUT2D eigenvalue weighted by atomic mass is 32.2. The largest absolute Gasteiger partial charge is 0.336 e. The Bertz CT molecular complexity index is 324. The Hall–Kier alpha value is -1.22. The molecule has 0 saturated carbocycles. The lowest BCUT2D eigenvalue weighted by atomic mass is 10.2. The number of thioether (sulfide) groups is 1. The molecule has 0 amide bonds. The summed E-state index contributed by atoms with van der Waals surface area (Å²) >= 11 is 1.29. The second-order valence-corrected chi connectivity index (χ2v) is 3.75. The fraction of sp³-hybridized carbons (Fsp3) is 0.571. The van der Waals surface area contributed by atoms with E-state index in [1.807, 2.05) is 19.9 Å². The lowest BCUT2D eigenvalue weighted by Gasteiger charge is -2.03. The van der Waals surface area contributed by atoms with Gasteiger partial charge in [0.1, 0.15) is 0 Å². The summed E-state index contributed by atoms with van der Waals surface area (Å²) in [4.78, 5) is 0. The summed E-state index contributed by atoms with van der Waals surface area (Å²) in [6.45, 7) is 3.98. The van der Waals surface area contributed by atoms with Gasteiger partial charge in [0.25, 0.3) is 0 Å². The van der Waals surface area contributed by atoms with E-state index in [0.717, 1.165) is 5.82 Å². The van der Waals surface area contributed by atoms with Gasteiger partial charge < -0.3 is 5.84 Å². The molecular weight excluding hydrogens is 186 g/mol. The van der Waals surface area contributed by atoms with E-state index in [0.29, 0.717) is 10.9 Å². The SMILES string of the molecule is CC(C)c1nnc(SCC#N)n1N. The van der Waals surface area contributed by atoms with Crippen LogP contribution in [0.4, 0.5) is 0 Å². The summed E-state index contributed by atoms with van der Waals surface area (Å²) in [6, 6.07) is 2.01. The topological polar surface area (TPSA) is 80.5 Å². The van der Waals surface area contributed by atoms with E-state index < -0.39 is 0 Å². The number of rotatable bonds is 3. The quantitative estimate of drug-likeness (QED) is 0.570. The van der Waals surface area contributed by atoms with Crippen LogP contribution in [0.25, 0.3) is 0 Å². The Morgan fingerprint density at radius 1 is 1.62 bits per heavy atom. The van der Waals surface area contributed by atoms with E-state index in [1.54, 1.807) is 0 Å². The molecule has 5 nitrogen and oxygen atoms in total. The summed E-state index contributed by atoms with van der Waals surface area (Å²) < 4.78 is 1.44. The Kier molecular flexibility index (Phi) is 3.14. The fourth-order valence-corrected chi connectivity index (χ4v) is 1.40. The predicted octanol–water partition coefficient (Wildman–Crippen LogP) is 0.731. The van der Waals surface area contributed by atoms with Crippen LogP contribution >= 0.6 is 11.8 Å². The molecule has 0 aromatic carbocycles. The van der Waals surface area contributed by atoms with Crippen molar-refractivity contribution in [2.75, 3.05) is 11.6 Å². The van der Waals surface area contributed by atoms with Gasteiger partial charge in [-0.1, -0.05) is 25.6 Å². The number of nitrogens with zero attached hydrogens (tertiary/aromatic N) is 4. The monoisotopic (exact) mass is 197 g/mol. The van der Waals surface area contributed by atoms with Crippen LogP contribution in [0.1, 0.15) is 25.6 Å². The van der Waals surface area contributed by atoms with Crippen molar-refractivity contribution >= 4 is 11.8 Å². The van der Waals surface area contributed by atoms with E-state index >= 15 is 0 Å². The Balaban J connectivity index is 2.81. The number of nitrogens with two attached hydrogens (primary N) is 1. The summed E-state index contributed by atoms with van der Waals surface area (Å²) in [5.41, 5.74) is 0. The van der Waals surface area contributed by atoms with Crippen molar-refractivity contribution < 1.29 is 0 Å². The molecule has 0 aliphatic rings. The van der Waals surface area contributed by atoms with Crippen molar-refractivity contribution in [1.29, 1.82) is 5.26 Å². The van der Waals surface area contributed by atoms with Gasteiger partial charge in [0.05, 0.1) is 11.8 Å². The minimum absolute atomic E-state index is 0.244. The van der Waals surface area contributed by atoms with E-state index in [4.69, 9.17) is 11.1 Å². The fourth-order valence-electron chi connectivity index (χ4n) is 0.877. The van der Waals surface area contributed by atoms with Crippen molar-refractivity contribution in [1.82, 2.24) is 14.9 Å². The summed E-state index contributed by atoms with van der Waals surface area (Å²) in [5.74, 6) is 7.03. The molecule has 1 rings (SSSR count). The van der Waals surface area contributed by atoms with Gasteiger partial charge in [0, 0.05) is 5.92 Å². The molecule has 1 heterocycles. The zero-order valence-electron chi connectivity index (χ0n) is 7.56. The van der Waals surface area contributed by atoms with E-state index in [2.05, 4.69) is 10.2 Å². The third kappa shape index (κ3) is 2.12. The van der Waals surface area contributed by atoms with Crippen LogP contribution in [0.15, 0.2) is 5.16 Å². The lowest BCUT2D eigenvalue weighted by Crippen LogP contribution is -2.14. The number of hydrogen-bond donors (Lipinski definition) is 1. The third-order valence-corrected chi connectivity index (χ3v) is 2.28. The average Bonchev–Trinajstić information content (AvgIpc) is 2.43. The summed E-state index contributed by atoms with van der Waals surface area (Å²) in [7, 11) is 0. The van der Waals surface area contributed by atoms with Crippen LogP contribution in [-0.2, 0) is 0 Å². The maximum Gasteiger partial charge on any atom is 0.210 e. The second-order valence-electron chi connectivity index (χ2n) is 2.81. The molecule has 70 valence electrons. The van der Waals surface area contributed by atoms with Gasteiger partial charge in [-0.25, -0.2) is 4.68 Å². The lowest BCUT2D eigenvalue weighted by molar-refractivity contribution is 0.712. The molecule has 0 spiro atoms. The van der Waals surface area contributed by atoms with E-state index in [1.165, 1.54) is 16.4 Å². The van der Waals surface area contributed by atoms with Crippen LogP contribution in [0, 0.1) is 11.3 Å². The smallest absolute Gasteiger partial charge is 0.210 e. The highest BCUT2D eigenvalue weighted by Gasteiger charge is 2.12. The van der Waals surface area contributed by atoms with Crippen molar-refractivity contribution in [2.24, 2.45) is 0 Å². The molecule has 2 N–H and O–H groups in total. The zero-order chi connectivity index (χ0) is 9.84. The Labute approximate surface area is 80.9 Å². The molecular formula is C7H11N5S. The molecule has 0 aliphatic heterocycles. The maximum atomic E-state index is 8.37. The standard InChI is InChI=1S/C7H11N5S/c1-5(2)6-10-11-7(12(6)9)13-4-3-8/h5H,4,9H2,1-2H3. The third-order valence-electron chi connectivity index (χ3n) is 1.47. The molecule has 6 heteroatoms. The number of nitriles is 1. The molecule has 0 saturated heterocycles. The van der Waals surface area contributed by atoms with Crippen LogP contribution in [0.5, 0.6) is 0 Å². The van der Waals surface area contributed by atoms with Crippen molar-refractivity contribution in [2.45, 2.75) is 24.9 Å². The first-order valence-corrected chi connectivity index (χ1v) is 4.85. The number of hydrogen-bond acceptors (Lipinski definition) is 5. The van der Waals surface area contributed by atoms with Crippen LogP contribution in [0.2, 0.25) is 0 Å². The van der Waals surface area contributed by atoms with E-state index in [9.17, 15) is 0 Å². The average molecular weight is 197 g/mol. The zero-order valence-corrected chi connectivity index (χ0v) is 8.38. The first kappa shape index (κ1) is 9.86. The van der Waals surface area contributed by atoms with Crippen molar-refractivity contribution in [3.05, 3.63) is 5.82 Å². The van der Waals surface area contributed by atoms with Crippen molar-refractivity contribution in [3.8, 4) is 6.07 Å². The molecule has 13 heavy (non-hydrogen) atoms. The summed E-state index contributed by atoms with van der Waals surface area (Å²) in [5, 5.41) is 16.8. The summed E-state index contributed by atoms with van der Waals surface area (Å²) in [6.07, 6.45) is 0. The first-order chi connectivity index (χ1) is 6.16. The Morgan fingerprint density at radius 2 is 2.31 bits per heavy atom. The molecule has 0 bridgehead atoms. The Morgan fingerprint density at radius 3 is 2.77 bits per heavy atom.